The molecule has 6 nitrogen and oxygen atoms in total. The molecule has 0 saturated heterocycles. The van der Waals surface area contributed by atoms with E-state index in [-0.39, 0.29) is 31.6 Å². The first-order valence-electron chi connectivity index (χ1n) is 29.6. The van der Waals surface area contributed by atoms with Crippen LogP contribution in [0.1, 0.15) is 284 Å². The van der Waals surface area contributed by atoms with Gasteiger partial charge in [0.15, 0.2) is 6.10 Å². The zero-order chi connectivity index (χ0) is 50.7. The lowest BCUT2D eigenvalue weighted by molar-refractivity contribution is -0.166. The zero-order valence-corrected chi connectivity index (χ0v) is 46.0. The van der Waals surface area contributed by atoms with Crippen LogP contribution in [0.3, 0.4) is 0 Å². The monoisotopic (exact) mass is 975 g/mol. The Labute approximate surface area is 433 Å². The fraction of sp³-hybridized carbons (Fsp3) is 0.734. The molecule has 70 heavy (non-hydrogen) atoms. The van der Waals surface area contributed by atoms with E-state index in [0.29, 0.717) is 19.3 Å². The molecule has 0 aliphatic rings. The van der Waals surface area contributed by atoms with Crippen molar-refractivity contribution in [1.29, 1.82) is 0 Å². The Hall–Kier alpha value is -3.41. The maximum atomic E-state index is 12.8. The van der Waals surface area contributed by atoms with Crippen molar-refractivity contribution in [3.8, 4) is 0 Å². The molecule has 0 heterocycles. The Balaban J connectivity index is 4.42. The minimum Gasteiger partial charge on any atom is -0.462 e. The number of allylic oxidation sites excluding steroid dienone is 14. The highest BCUT2D eigenvalue weighted by molar-refractivity contribution is 5.71. The van der Waals surface area contributed by atoms with E-state index in [1.807, 2.05) is 6.08 Å². The fourth-order valence-electron chi connectivity index (χ4n) is 8.23. The molecule has 0 amide bonds. The number of carbonyl (C=O) groups is 3. The molecule has 0 fully saturated rings. The highest BCUT2D eigenvalue weighted by Gasteiger charge is 2.19. The summed E-state index contributed by atoms with van der Waals surface area (Å²) in [6.45, 7) is 6.46. The molecule has 0 aromatic heterocycles. The summed E-state index contributed by atoms with van der Waals surface area (Å²) in [6, 6.07) is 0. The van der Waals surface area contributed by atoms with E-state index in [2.05, 4.69) is 99.8 Å². The summed E-state index contributed by atoms with van der Waals surface area (Å²) >= 11 is 0. The summed E-state index contributed by atoms with van der Waals surface area (Å²) in [4.78, 5) is 38.1. The number of hydrogen-bond donors (Lipinski definition) is 0. The number of carbonyl (C=O) groups excluding carboxylic acids is 3. The molecule has 1 unspecified atom stereocenters. The van der Waals surface area contributed by atoms with Gasteiger partial charge < -0.3 is 14.2 Å². The zero-order valence-electron chi connectivity index (χ0n) is 46.0. The number of unbranched alkanes of at least 4 members (excludes halogenated alkanes) is 28. The molecule has 0 N–H and O–H groups in total. The Bertz CT molecular complexity index is 1350. The van der Waals surface area contributed by atoms with Gasteiger partial charge in [0.2, 0.25) is 0 Å². The lowest BCUT2D eigenvalue weighted by Crippen LogP contribution is -2.30. The smallest absolute Gasteiger partial charge is 0.306 e. The van der Waals surface area contributed by atoms with Crippen LogP contribution in [0.15, 0.2) is 85.1 Å². The van der Waals surface area contributed by atoms with Crippen molar-refractivity contribution >= 4 is 17.9 Å². The molecule has 402 valence electrons. The van der Waals surface area contributed by atoms with Crippen LogP contribution in [-0.4, -0.2) is 37.2 Å². The summed E-state index contributed by atoms with van der Waals surface area (Å²) in [5, 5.41) is 0. The number of rotatable bonds is 53. The molecule has 0 spiro atoms. The predicted molar refractivity (Wildman–Crippen MR) is 302 cm³/mol. The molecule has 0 radical (unpaired) electrons. The van der Waals surface area contributed by atoms with Gasteiger partial charge in [-0.15, -0.1) is 0 Å². The third-order valence-electron chi connectivity index (χ3n) is 12.6. The Morgan fingerprint density at radius 1 is 0.300 bits per heavy atom. The maximum Gasteiger partial charge on any atom is 0.306 e. The second-order valence-corrected chi connectivity index (χ2v) is 19.5. The molecule has 0 aliphatic heterocycles. The molecule has 0 aromatic carbocycles. The molecular weight excluding hydrogens is 865 g/mol. The Morgan fingerprint density at radius 3 is 0.957 bits per heavy atom. The summed E-state index contributed by atoms with van der Waals surface area (Å²) in [6.07, 6.45) is 76.0. The van der Waals surface area contributed by atoms with Crippen LogP contribution >= 0.6 is 0 Å². The van der Waals surface area contributed by atoms with Crippen LogP contribution < -0.4 is 0 Å². The van der Waals surface area contributed by atoms with Crippen LogP contribution in [0.4, 0.5) is 0 Å². The van der Waals surface area contributed by atoms with E-state index in [0.717, 1.165) is 89.9 Å². The molecule has 0 aromatic rings. The van der Waals surface area contributed by atoms with Gasteiger partial charge in [-0.1, -0.05) is 266 Å². The van der Waals surface area contributed by atoms with Crippen molar-refractivity contribution in [3.05, 3.63) is 85.1 Å². The predicted octanol–water partition coefficient (Wildman–Crippen LogP) is 19.9. The Kier molecular flexibility index (Phi) is 55.3. The third kappa shape index (κ3) is 55.5. The number of hydrogen-bond acceptors (Lipinski definition) is 6. The largest absolute Gasteiger partial charge is 0.462 e. The van der Waals surface area contributed by atoms with E-state index in [4.69, 9.17) is 14.2 Å². The fourth-order valence-corrected chi connectivity index (χ4v) is 8.23. The minimum atomic E-state index is -0.819. The quantitative estimate of drug-likeness (QED) is 0.0261. The van der Waals surface area contributed by atoms with Crippen LogP contribution in [0.5, 0.6) is 0 Å². The van der Waals surface area contributed by atoms with Crippen LogP contribution in [-0.2, 0) is 28.6 Å². The minimum absolute atomic E-state index is 0.107. The van der Waals surface area contributed by atoms with Gasteiger partial charge in [0.25, 0.3) is 0 Å². The normalized spacial score (nSPS) is 12.7. The van der Waals surface area contributed by atoms with Crippen molar-refractivity contribution in [3.63, 3.8) is 0 Å². The second-order valence-electron chi connectivity index (χ2n) is 19.5. The van der Waals surface area contributed by atoms with Gasteiger partial charge in [0, 0.05) is 19.3 Å². The van der Waals surface area contributed by atoms with E-state index in [1.165, 1.54) is 148 Å². The molecule has 0 saturated carbocycles. The standard InChI is InChI=1S/C64H110O6/c1-4-7-10-13-16-19-22-25-27-29-31-32-34-35-37-39-42-45-48-51-54-57-63(66)69-60-61(59-68-62(65)56-53-50-47-44-41-24-21-18-15-12-9-6-3)70-64(67)58-55-52-49-46-43-40-38-36-33-30-28-26-23-20-17-14-11-8-5-2/h8,11,17-18,20-21,26,28,33,36,40,43,49,52,61H,4-7,9-10,12-16,19,22-25,27,29-32,34-35,37-39,41-42,44-48,50-51,53-60H2,1-3H3/b11-8-,20-17-,21-18-,28-26-,36-33-,43-40-,52-49-. The van der Waals surface area contributed by atoms with E-state index in [9.17, 15) is 14.4 Å². The first-order chi connectivity index (χ1) is 34.5. The summed E-state index contributed by atoms with van der Waals surface area (Å²) in [5.41, 5.74) is 0. The second kappa shape index (κ2) is 58.2. The summed E-state index contributed by atoms with van der Waals surface area (Å²) in [7, 11) is 0. The average Bonchev–Trinajstić information content (AvgIpc) is 3.36. The molecule has 0 bridgehead atoms. The van der Waals surface area contributed by atoms with Gasteiger partial charge in [-0.05, 0) is 83.5 Å². The lowest BCUT2D eigenvalue weighted by atomic mass is 10.0. The topological polar surface area (TPSA) is 78.9 Å². The number of ether oxygens (including phenoxy) is 3. The molecule has 0 aliphatic carbocycles. The van der Waals surface area contributed by atoms with Crippen molar-refractivity contribution in [1.82, 2.24) is 0 Å². The maximum absolute atomic E-state index is 12.8. The first kappa shape index (κ1) is 66.6. The van der Waals surface area contributed by atoms with E-state index in [1.54, 1.807) is 0 Å². The van der Waals surface area contributed by atoms with Gasteiger partial charge in [0.05, 0.1) is 0 Å². The van der Waals surface area contributed by atoms with Crippen molar-refractivity contribution < 1.29 is 28.6 Å². The summed E-state index contributed by atoms with van der Waals surface area (Å²) < 4.78 is 16.8. The van der Waals surface area contributed by atoms with Gasteiger partial charge in [-0.3, -0.25) is 14.4 Å². The SMILES string of the molecule is CC/C=C\C/C=C\C/C=C\C/C=C\C/C=C\C/C=C\CCC(=O)OC(COC(=O)CCCCCCC/C=C\CCCCC)COC(=O)CCCCCCCCCCCCCCCCCCCCCCC. The summed E-state index contributed by atoms with van der Waals surface area (Å²) in [5.74, 6) is -0.994. The van der Waals surface area contributed by atoms with Crippen molar-refractivity contribution in [2.75, 3.05) is 13.2 Å². The van der Waals surface area contributed by atoms with E-state index >= 15 is 0 Å². The van der Waals surface area contributed by atoms with Crippen LogP contribution in [0, 0.1) is 0 Å². The molecular formula is C64H110O6. The average molecular weight is 976 g/mol. The molecule has 0 rings (SSSR count). The highest BCUT2D eigenvalue weighted by Crippen LogP contribution is 2.16. The van der Waals surface area contributed by atoms with Gasteiger partial charge in [-0.2, -0.15) is 0 Å². The Morgan fingerprint density at radius 2 is 0.586 bits per heavy atom. The van der Waals surface area contributed by atoms with Gasteiger partial charge in [0.1, 0.15) is 13.2 Å². The van der Waals surface area contributed by atoms with Crippen LogP contribution in [0.2, 0.25) is 0 Å². The van der Waals surface area contributed by atoms with Crippen molar-refractivity contribution in [2.45, 2.75) is 290 Å². The van der Waals surface area contributed by atoms with Gasteiger partial charge >= 0.3 is 17.9 Å². The molecule has 6 heteroatoms. The molecule has 1 atom stereocenters. The van der Waals surface area contributed by atoms with Crippen LogP contribution in [0.25, 0.3) is 0 Å². The highest BCUT2D eigenvalue weighted by atomic mass is 16.6. The van der Waals surface area contributed by atoms with E-state index < -0.39 is 12.1 Å². The number of esters is 3. The third-order valence-corrected chi connectivity index (χ3v) is 12.6. The van der Waals surface area contributed by atoms with Crippen molar-refractivity contribution in [2.24, 2.45) is 0 Å². The van der Waals surface area contributed by atoms with Gasteiger partial charge in [-0.25, -0.2) is 0 Å². The first-order valence-corrected chi connectivity index (χ1v) is 29.6. The lowest BCUT2D eigenvalue weighted by Gasteiger charge is -2.18.